The summed E-state index contributed by atoms with van der Waals surface area (Å²) in [7, 11) is 0. The molecule has 0 unspecified atom stereocenters. The summed E-state index contributed by atoms with van der Waals surface area (Å²) >= 11 is 0. The molecule has 78 valence electrons. The number of hydrogen-bond donors (Lipinski definition) is 1. The van der Waals surface area contributed by atoms with E-state index in [1.54, 1.807) is 6.20 Å². The van der Waals surface area contributed by atoms with Crippen molar-refractivity contribution in [2.45, 2.75) is 19.8 Å². The summed E-state index contributed by atoms with van der Waals surface area (Å²) in [6, 6.07) is 5.07. The van der Waals surface area contributed by atoms with Gasteiger partial charge in [0.05, 0.1) is 5.39 Å². The molecule has 1 heterocycles. The molecule has 2 aromatic rings. The highest BCUT2D eigenvalue weighted by molar-refractivity contribution is 5.93. The quantitative estimate of drug-likeness (QED) is 0.775. The summed E-state index contributed by atoms with van der Waals surface area (Å²) in [6.07, 6.45) is 1.61. The minimum Gasteiger partial charge on any atom is -0.383 e. The third kappa shape index (κ3) is 1.54. The molecule has 0 amide bonds. The summed E-state index contributed by atoms with van der Waals surface area (Å²) < 4.78 is 13.6. The maximum absolute atomic E-state index is 13.6. The highest BCUT2D eigenvalue weighted by atomic mass is 19.1. The molecule has 2 N–H and O–H groups in total. The highest BCUT2D eigenvalue weighted by Crippen LogP contribution is 2.29. The number of nitrogen functional groups attached to an aromatic ring is 1. The van der Waals surface area contributed by atoms with E-state index in [-0.39, 0.29) is 11.6 Å². The number of anilines is 1. The minimum absolute atomic E-state index is 0.257. The lowest BCUT2D eigenvalue weighted by atomic mass is 9.96. The predicted molar refractivity (Wildman–Crippen MR) is 60.2 cm³/mol. The average molecular weight is 204 g/mol. The van der Waals surface area contributed by atoms with Gasteiger partial charge in [-0.2, -0.15) is 0 Å². The van der Waals surface area contributed by atoms with Gasteiger partial charge in [-0.15, -0.1) is 0 Å². The second-order valence-corrected chi connectivity index (χ2v) is 3.91. The Morgan fingerprint density at radius 1 is 1.27 bits per heavy atom. The fourth-order valence-corrected chi connectivity index (χ4v) is 1.81. The predicted octanol–water partition coefficient (Wildman–Crippen LogP) is 3.08. The van der Waals surface area contributed by atoms with Gasteiger partial charge in [0, 0.05) is 6.20 Å². The second kappa shape index (κ2) is 3.50. The van der Waals surface area contributed by atoms with Crippen LogP contribution in [0.2, 0.25) is 0 Å². The first kappa shape index (κ1) is 9.90. The number of nitrogens with zero attached hydrogens (tertiary/aromatic N) is 1. The summed E-state index contributed by atoms with van der Waals surface area (Å²) in [6.45, 7) is 4.15. The van der Waals surface area contributed by atoms with Gasteiger partial charge in [0.25, 0.3) is 0 Å². The van der Waals surface area contributed by atoms with Crippen LogP contribution in [0.1, 0.15) is 25.3 Å². The molecule has 0 saturated heterocycles. The van der Waals surface area contributed by atoms with Crippen LogP contribution in [0.3, 0.4) is 0 Å². The van der Waals surface area contributed by atoms with Crippen LogP contribution >= 0.6 is 0 Å². The first-order valence-electron chi connectivity index (χ1n) is 4.94. The van der Waals surface area contributed by atoms with E-state index in [2.05, 4.69) is 18.8 Å². The average Bonchev–Trinajstić information content (AvgIpc) is 2.17. The maximum Gasteiger partial charge on any atom is 0.134 e. The number of rotatable bonds is 1. The third-order valence-electron chi connectivity index (χ3n) is 2.56. The van der Waals surface area contributed by atoms with E-state index in [4.69, 9.17) is 5.73 Å². The number of benzene rings is 1. The van der Waals surface area contributed by atoms with Gasteiger partial charge in [-0.1, -0.05) is 19.9 Å². The number of halogens is 1. The van der Waals surface area contributed by atoms with Gasteiger partial charge in [-0.3, -0.25) is 0 Å². The van der Waals surface area contributed by atoms with Crippen LogP contribution in [0, 0.1) is 5.82 Å². The minimum atomic E-state index is -0.306. The molecule has 0 spiro atoms. The zero-order chi connectivity index (χ0) is 11.0. The zero-order valence-electron chi connectivity index (χ0n) is 8.79. The normalized spacial score (nSPS) is 11.2. The van der Waals surface area contributed by atoms with Crippen molar-refractivity contribution in [2.75, 3.05) is 5.73 Å². The van der Waals surface area contributed by atoms with Crippen LogP contribution in [-0.4, -0.2) is 4.98 Å². The van der Waals surface area contributed by atoms with Gasteiger partial charge in [0.2, 0.25) is 0 Å². The Hall–Kier alpha value is -1.64. The molecule has 0 bridgehead atoms. The molecule has 2 rings (SSSR count). The zero-order valence-corrected chi connectivity index (χ0v) is 8.79. The molecule has 2 nitrogen and oxygen atoms in total. The Labute approximate surface area is 87.9 Å². The third-order valence-corrected chi connectivity index (χ3v) is 2.56. The first-order chi connectivity index (χ1) is 7.11. The molecule has 0 aliphatic carbocycles. The van der Waals surface area contributed by atoms with E-state index in [9.17, 15) is 4.39 Å². The Kier molecular flexibility index (Phi) is 2.31. The number of hydrogen-bond acceptors (Lipinski definition) is 2. The summed E-state index contributed by atoms with van der Waals surface area (Å²) in [5.74, 6) is 0.294. The fourth-order valence-electron chi connectivity index (χ4n) is 1.81. The Morgan fingerprint density at radius 3 is 2.67 bits per heavy atom. The first-order valence-corrected chi connectivity index (χ1v) is 4.94. The monoisotopic (exact) mass is 204 g/mol. The lowest BCUT2D eigenvalue weighted by Crippen LogP contribution is -1.97. The molecule has 3 heteroatoms. The van der Waals surface area contributed by atoms with Crippen LogP contribution < -0.4 is 5.73 Å². The molecule has 0 aliphatic rings. The van der Waals surface area contributed by atoms with Gasteiger partial charge < -0.3 is 5.73 Å². The molecule has 1 aromatic heterocycles. The van der Waals surface area contributed by atoms with Gasteiger partial charge in [-0.25, -0.2) is 9.37 Å². The molecule has 15 heavy (non-hydrogen) atoms. The van der Waals surface area contributed by atoms with E-state index in [0.29, 0.717) is 11.3 Å². The van der Waals surface area contributed by atoms with Crippen molar-refractivity contribution in [3.8, 4) is 0 Å². The van der Waals surface area contributed by atoms with Gasteiger partial charge in [-0.05, 0) is 29.0 Å². The number of aromatic nitrogens is 1. The van der Waals surface area contributed by atoms with Crippen LogP contribution in [0.5, 0.6) is 0 Å². The van der Waals surface area contributed by atoms with E-state index >= 15 is 0 Å². The lowest BCUT2D eigenvalue weighted by molar-refractivity contribution is 0.639. The lowest BCUT2D eigenvalue weighted by Gasteiger charge is -2.11. The van der Waals surface area contributed by atoms with Gasteiger partial charge >= 0.3 is 0 Å². The molecule has 0 atom stereocenters. The maximum atomic E-state index is 13.6. The van der Waals surface area contributed by atoms with E-state index in [1.807, 2.05) is 12.1 Å². The van der Waals surface area contributed by atoms with Crippen LogP contribution in [0.25, 0.3) is 10.8 Å². The Morgan fingerprint density at radius 2 is 2.00 bits per heavy atom. The Bertz CT molecular complexity index is 498. The molecule has 0 radical (unpaired) electrons. The molecular weight excluding hydrogens is 191 g/mol. The molecule has 0 aliphatic heterocycles. The number of nitrogens with two attached hydrogens (primary N) is 1. The van der Waals surface area contributed by atoms with Crippen molar-refractivity contribution in [2.24, 2.45) is 0 Å². The topological polar surface area (TPSA) is 38.9 Å². The largest absolute Gasteiger partial charge is 0.383 e. The standard InChI is InChI=1S/C12H13FN2/c1-7(2)8-3-4-10(13)11-9(8)5-6-15-12(11)14/h3-7H,1-2H3,(H2,14,15). The summed E-state index contributed by atoms with van der Waals surface area (Å²) in [5.41, 5.74) is 6.77. The van der Waals surface area contributed by atoms with Crippen molar-refractivity contribution in [3.63, 3.8) is 0 Å². The van der Waals surface area contributed by atoms with Crippen molar-refractivity contribution in [1.29, 1.82) is 0 Å². The van der Waals surface area contributed by atoms with Gasteiger partial charge in [0.15, 0.2) is 0 Å². The smallest absolute Gasteiger partial charge is 0.134 e. The summed E-state index contributed by atoms with van der Waals surface area (Å²) in [5, 5.41) is 1.29. The van der Waals surface area contributed by atoms with Crippen molar-refractivity contribution >= 4 is 16.6 Å². The fraction of sp³-hybridized carbons (Fsp3) is 0.250. The van der Waals surface area contributed by atoms with Crippen LogP contribution in [0.15, 0.2) is 24.4 Å². The molecule has 0 fully saturated rings. The van der Waals surface area contributed by atoms with Crippen molar-refractivity contribution < 1.29 is 4.39 Å². The molecule has 1 aromatic carbocycles. The molecule has 0 saturated carbocycles. The van der Waals surface area contributed by atoms with Crippen molar-refractivity contribution in [3.05, 3.63) is 35.8 Å². The number of pyridine rings is 1. The van der Waals surface area contributed by atoms with E-state index in [1.165, 1.54) is 6.07 Å². The van der Waals surface area contributed by atoms with Gasteiger partial charge in [0.1, 0.15) is 11.6 Å². The van der Waals surface area contributed by atoms with Crippen LogP contribution in [0.4, 0.5) is 10.2 Å². The molecular formula is C12H13FN2. The summed E-state index contributed by atoms with van der Waals surface area (Å²) in [4.78, 5) is 3.91. The SMILES string of the molecule is CC(C)c1ccc(F)c2c(N)nccc12. The van der Waals surface area contributed by atoms with E-state index in [0.717, 1.165) is 10.9 Å². The van der Waals surface area contributed by atoms with Crippen molar-refractivity contribution in [1.82, 2.24) is 4.98 Å². The highest BCUT2D eigenvalue weighted by Gasteiger charge is 2.11. The number of fused-ring (bicyclic) bond motifs is 1. The van der Waals surface area contributed by atoms with Crippen LogP contribution in [-0.2, 0) is 0 Å². The van der Waals surface area contributed by atoms with E-state index < -0.39 is 0 Å². The Balaban J connectivity index is 2.89. The second-order valence-electron chi connectivity index (χ2n) is 3.91.